The van der Waals surface area contributed by atoms with Crippen molar-refractivity contribution in [3.63, 3.8) is 0 Å². The monoisotopic (exact) mass is 409 g/mol. The number of rotatable bonds is 2. The van der Waals surface area contributed by atoms with E-state index in [1.165, 1.54) is 11.3 Å². The van der Waals surface area contributed by atoms with Gasteiger partial charge in [-0.3, -0.25) is 14.2 Å². The Morgan fingerprint density at radius 1 is 1.10 bits per heavy atom. The van der Waals surface area contributed by atoms with E-state index in [9.17, 15) is 9.59 Å². The third kappa shape index (κ3) is 3.11. The molecule has 1 amide bonds. The summed E-state index contributed by atoms with van der Waals surface area (Å²) < 4.78 is 1.80. The van der Waals surface area contributed by atoms with E-state index in [1.807, 2.05) is 30.0 Å². The minimum absolute atomic E-state index is 0.00791. The Kier molecular flexibility index (Phi) is 4.58. The zero-order valence-electron chi connectivity index (χ0n) is 16.4. The fraction of sp³-hybridized carbons (Fsp3) is 0.429. The van der Waals surface area contributed by atoms with Gasteiger partial charge >= 0.3 is 0 Å². The van der Waals surface area contributed by atoms with Gasteiger partial charge in [0.1, 0.15) is 16.5 Å². The standard InChI is InChI=1S/C21H23N5O2S/c1-14-17-19(23-16-7-3-5-9-26(16)20(17)27)29-18(14)21(28)25-12-10-24(11-13-25)15-6-2-4-8-22-15/h2,4,6,8H,3,5,7,9-13H2,1H3. The fourth-order valence-corrected chi connectivity index (χ4v) is 5.42. The highest BCUT2D eigenvalue weighted by molar-refractivity contribution is 7.20. The number of anilines is 1. The number of carbonyl (C=O) groups excluding carboxylic acids is 1. The molecule has 1 saturated heterocycles. The molecule has 7 nitrogen and oxygen atoms in total. The Morgan fingerprint density at radius 3 is 2.69 bits per heavy atom. The number of amides is 1. The smallest absolute Gasteiger partial charge is 0.264 e. The van der Waals surface area contributed by atoms with Crippen LogP contribution in [0.15, 0.2) is 29.2 Å². The molecule has 0 aliphatic carbocycles. The number of hydrogen-bond donors (Lipinski definition) is 0. The maximum absolute atomic E-state index is 13.2. The predicted molar refractivity (Wildman–Crippen MR) is 114 cm³/mol. The molecule has 2 aliphatic heterocycles. The van der Waals surface area contributed by atoms with Crippen molar-refractivity contribution in [2.24, 2.45) is 0 Å². The van der Waals surface area contributed by atoms with Crippen LogP contribution in [0.2, 0.25) is 0 Å². The lowest BCUT2D eigenvalue weighted by Gasteiger charge is -2.35. The van der Waals surface area contributed by atoms with Gasteiger partial charge in [-0.1, -0.05) is 6.07 Å². The summed E-state index contributed by atoms with van der Waals surface area (Å²) in [5, 5.41) is 0.621. The number of pyridine rings is 1. The average Bonchev–Trinajstić information content (AvgIpc) is 3.10. The average molecular weight is 410 g/mol. The molecule has 0 aromatic carbocycles. The number of fused-ring (bicyclic) bond motifs is 2. The van der Waals surface area contributed by atoms with Crippen molar-refractivity contribution >= 4 is 33.3 Å². The van der Waals surface area contributed by atoms with E-state index in [0.29, 0.717) is 28.2 Å². The number of piperazine rings is 1. The van der Waals surface area contributed by atoms with Gasteiger partial charge in [-0.05, 0) is 37.5 Å². The molecule has 29 heavy (non-hydrogen) atoms. The Morgan fingerprint density at radius 2 is 1.93 bits per heavy atom. The molecule has 5 heterocycles. The van der Waals surface area contributed by atoms with Crippen LogP contribution < -0.4 is 10.5 Å². The van der Waals surface area contributed by atoms with Crippen LogP contribution in [0.3, 0.4) is 0 Å². The summed E-state index contributed by atoms with van der Waals surface area (Å²) in [5.41, 5.74) is 0.790. The Bertz CT molecular complexity index is 1130. The second kappa shape index (κ2) is 7.26. The second-order valence-corrected chi connectivity index (χ2v) is 8.64. The van der Waals surface area contributed by atoms with Crippen molar-refractivity contribution in [1.29, 1.82) is 0 Å². The molecule has 2 aliphatic rings. The highest BCUT2D eigenvalue weighted by Crippen LogP contribution is 2.30. The first kappa shape index (κ1) is 18.3. The maximum Gasteiger partial charge on any atom is 0.264 e. The molecule has 3 aromatic heterocycles. The number of aryl methyl sites for hydroxylation is 2. The predicted octanol–water partition coefficient (Wildman–Crippen LogP) is 2.46. The molecular formula is C21H23N5O2S. The maximum atomic E-state index is 13.2. The molecule has 0 atom stereocenters. The van der Waals surface area contributed by atoms with Crippen molar-refractivity contribution in [3.8, 4) is 0 Å². The van der Waals surface area contributed by atoms with Gasteiger partial charge in [0.15, 0.2) is 0 Å². The lowest BCUT2D eigenvalue weighted by atomic mass is 10.1. The van der Waals surface area contributed by atoms with E-state index in [0.717, 1.165) is 56.1 Å². The molecule has 0 bridgehead atoms. The third-order valence-corrected chi connectivity index (χ3v) is 7.07. The van der Waals surface area contributed by atoms with Crippen LogP contribution >= 0.6 is 11.3 Å². The van der Waals surface area contributed by atoms with Crippen LogP contribution in [0.5, 0.6) is 0 Å². The summed E-state index contributed by atoms with van der Waals surface area (Å²) in [6.45, 7) is 5.40. The van der Waals surface area contributed by atoms with Gasteiger partial charge in [-0.15, -0.1) is 11.3 Å². The molecule has 0 N–H and O–H groups in total. The zero-order chi connectivity index (χ0) is 20.0. The Hall–Kier alpha value is -2.74. The number of thiophene rings is 1. The topological polar surface area (TPSA) is 71.3 Å². The lowest BCUT2D eigenvalue weighted by Crippen LogP contribution is -2.49. The Labute approximate surface area is 172 Å². The molecule has 150 valence electrons. The normalized spacial score (nSPS) is 16.9. The van der Waals surface area contributed by atoms with Crippen molar-refractivity contribution in [2.75, 3.05) is 31.1 Å². The molecular weight excluding hydrogens is 386 g/mol. The number of nitrogens with zero attached hydrogens (tertiary/aromatic N) is 5. The van der Waals surface area contributed by atoms with Crippen LogP contribution in [-0.4, -0.2) is 51.5 Å². The molecule has 3 aromatic rings. The van der Waals surface area contributed by atoms with Gasteiger partial charge in [0.05, 0.1) is 10.3 Å². The quantitative estimate of drug-likeness (QED) is 0.650. The van der Waals surface area contributed by atoms with Crippen LogP contribution in [0.1, 0.15) is 33.9 Å². The summed E-state index contributed by atoms with van der Waals surface area (Å²) in [7, 11) is 0. The number of carbonyl (C=O) groups is 1. The van der Waals surface area contributed by atoms with Crippen LogP contribution in [0.25, 0.3) is 10.2 Å². The first-order chi connectivity index (χ1) is 14.1. The second-order valence-electron chi connectivity index (χ2n) is 7.65. The minimum Gasteiger partial charge on any atom is -0.353 e. The largest absolute Gasteiger partial charge is 0.353 e. The van der Waals surface area contributed by atoms with Crippen molar-refractivity contribution < 1.29 is 4.79 Å². The van der Waals surface area contributed by atoms with E-state index < -0.39 is 0 Å². The number of aromatic nitrogens is 3. The SMILES string of the molecule is Cc1c(C(=O)N2CCN(c3ccccn3)CC2)sc2nc3n(c(=O)c12)CCCC3. The van der Waals surface area contributed by atoms with Crippen LogP contribution in [0, 0.1) is 6.92 Å². The van der Waals surface area contributed by atoms with Gasteiger partial charge < -0.3 is 9.80 Å². The summed E-state index contributed by atoms with van der Waals surface area (Å²) in [6.07, 6.45) is 4.70. The first-order valence-corrected chi connectivity index (χ1v) is 10.9. The van der Waals surface area contributed by atoms with Crippen molar-refractivity contribution in [3.05, 3.63) is 51.0 Å². The van der Waals surface area contributed by atoms with Gasteiger partial charge in [0, 0.05) is 45.3 Å². The summed E-state index contributed by atoms with van der Waals surface area (Å²) in [4.78, 5) is 40.8. The zero-order valence-corrected chi connectivity index (χ0v) is 17.2. The van der Waals surface area contributed by atoms with E-state index in [-0.39, 0.29) is 11.5 Å². The van der Waals surface area contributed by atoms with Crippen molar-refractivity contribution in [1.82, 2.24) is 19.4 Å². The summed E-state index contributed by atoms with van der Waals surface area (Å²) >= 11 is 1.37. The Balaban J connectivity index is 1.41. The highest BCUT2D eigenvalue weighted by atomic mass is 32.1. The fourth-order valence-electron chi connectivity index (χ4n) is 4.26. The number of hydrogen-bond acceptors (Lipinski definition) is 6. The van der Waals surface area contributed by atoms with Crippen LogP contribution in [-0.2, 0) is 13.0 Å². The van der Waals surface area contributed by atoms with Crippen LogP contribution in [0.4, 0.5) is 5.82 Å². The molecule has 0 saturated carbocycles. The van der Waals surface area contributed by atoms with E-state index in [1.54, 1.807) is 10.8 Å². The molecule has 0 spiro atoms. The van der Waals surface area contributed by atoms with E-state index in [4.69, 9.17) is 4.98 Å². The van der Waals surface area contributed by atoms with Crippen molar-refractivity contribution in [2.45, 2.75) is 32.7 Å². The molecule has 5 rings (SSSR count). The van der Waals surface area contributed by atoms with Gasteiger partial charge in [-0.25, -0.2) is 9.97 Å². The lowest BCUT2D eigenvalue weighted by molar-refractivity contribution is 0.0751. The van der Waals surface area contributed by atoms with E-state index in [2.05, 4.69) is 9.88 Å². The third-order valence-electron chi connectivity index (χ3n) is 5.90. The van der Waals surface area contributed by atoms with Gasteiger partial charge in [0.25, 0.3) is 11.5 Å². The molecule has 8 heteroatoms. The van der Waals surface area contributed by atoms with Gasteiger partial charge in [0.2, 0.25) is 0 Å². The van der Waals surface area contributed by atoms with Gasteiger partial charge in [-0.2, -0.15) is 0 Å². The molecule has 1 fully saturated rings. The summed E-state index contributed by atoms with van der Waals surface area (Å²) in [5.74, 6) is 1.81. The summed E-state index contributed by atoms with van der Waals surface area (Å²) in [6, 6.07) is 5.88. The minimum atomic E-state index is 0.00791. The molecule has 0 radical (unpaired) electrons. The van der Waals surface area contributed by atoms with E-state index >= 15 is 0 Å². The highest BCUT2D eigenvalue weighted by Gasteiger charge is 2.28. The molecule has 0 unspecified atom stereocenters. The first-order valence-electron chi connectivity index (χ1n) is 10.1.